The van der Waals surface area contributed by atoms with E-state index in [-0.39, 0.29) is 22.8 Å². The number of hydrogen-bond donors (Lipinski definition) is 1. The predicted octanol–water partition coefficient (Wildman–Crippen LogP) is 4.01. The van der Waals surface area contributed by atoms with E-state index < -0.39 is 11.7 Å². The molecule has 3 rings (SSSR count). The van der Waals surface area contributed by atoms with E-state index in [1.807, 2.05) is 0 Å². The van der Waals surface area contributed by atoms with Gasteiger partial charge in [0.15, 0.2) is 5.76 Å². The van der Waals surface area contributed by atoms with Crippen molar-refractivity contribution in [1.82, 2.24) is 10.1 Å². The molecule has 0 aliphatic heterocycles. The van der Waals surface area contributed by atoms with Crippen LogP contribution >= 0.6 is 0 Å². The fourth-order valence-corrected chi connectivity index (χ4v) is 2.30. The smallest absolute Gasteiger partial charge is 0.417 e. The minimum atomic E-state index is -4.56. The number of ether oxygens (including phenoxy) is 1. The number of anilines is 1. The first-order valence-corrected chi connectivity index (χ1v) is 6.83. The van der Waals surface area contributed by atoms with E-state index in [0.29, 0.717) is 11.4 Å². The van der Waals surface area contributed by atoms with E-state index in [0.717, 1.165) is 6.07 Å². The number of alkyl halides is 3. The highest BCUT2D eigenvalue weighted by Crippen LogP contribution is 2.42. The van der Waals surface area contributed by atoms with Crippen LogP contribution in [0.1, 0.15) is 5.56 Å². The number of benzene rings is 1. The molecule has 0 fully saturated rings. The van der Waals surface area contributed by atoms with Crippen LogP contribution in [0.3, 0.4) is 0 Å². The van der Waals surface area contributed by atoms with Crippen LogP contribution in [0, 0.1) is 0 Å². The topological polar surface area (TPSA) is 74.2 Å². The summed E-state index contributed by atoms with van der Waals surface area (Å²) in [4.78, 5) is 4.06. The zero-order chi connectivity index (χ0) is 17.3. The first kappa shape index (κ1) is 15.9. The van der Waals surface area contributed by atoms with Crippen LogP contribution < -0.4 is 10.5 Å². The van der Waals surface area contributed by atoms with Crippen molar-refractivity contribution in [3.63, 3.8) is 0 Å². The zero-order valence-electron chi connectivity index (χ0n) is 12.5. The number of nitrogen functional groups attached to an aromatic ring is 1. The Balaban J connectivity index is 2.14. The van der Waals surface area contributed by atoms with Gasteiger partial charge in [-0.3, -0.25) is 4.98 Å². The highest BCUT2D eigenvalue weighted by molar-refractivity contribution is 5.74. The standard InChI is InChI=1S/C16H12F3N3O2/c1-23-13-4-2-3-10(16(17,18)19)15(13)12-8-14(24-22-12)11-7-9(20)5-6-21-11/h2-8H,1H3,(H2,20,21). The minimum Gasteiger partial charge on any atom is -0.496 e. The van der Waals surface area contributed by atoms with Crippen molar-refractivity contribution in [2.24, 2.45) is 0 Å². The van der Waals surface area contributed by atoms with Crippen LogP contribution in [0.4, 0.5) is 18.9 Å². The molecule has 1 aromatic carbocycles. The van der Waals surface area contributed by atoms with Gasteiger partial charge in [0.2, 0.25) is 0 Å². The van der Waals surface area contributed by atoms with Gasteiger partial charge >= 0.3 is 6.18 Å². The molecule has 0 aliphatic carbocycles. The highest BCUT2D eigenvalue weighted by Gasteiger charge is 2.36. The summed E-state index contributed by atoms with van der Waals surface area (Å²) in [6.45, 7) is 0. The second-order valence-electron chi connectivity index (χ2n) is 4.93. The summed E-state index contributed by atoms with van der Waals surface area (Å²) in [6, 6.07) is 8.16. The molecule has 0 aliphatic rings. The first-order chi connectivity index (χ1) is 11.4. The highest BCUT2D eigenvalue weighted by atomic mass is 19.4. The largest absolute Gasteiger partial charge is 0.496 e. The predicted molar refractivity (Wildman–Crippen MR) is 81.1 cm³/mol. The lowest BCUT2D eigenvalue weighted by atomic mass is 10.0. The molecule has 2 heterocycles. The van der Waals surface area contributed by atoms with Gasteiger partial charge in [0, 0.05) is 18.0 Å². The molecule has 0 atom stereocenters. The normalized spacial score (nSPS) is 11.5. The molecule has 0 saturated carbocycles. The third-order valence-corrected chi connectivity index (χ3v) is 3.35. The Labute approximate surface area is 134 Å². The van der Waals surface area contributed by atoms with Crippen molar-refractivity contribution in [1.29, 1.82) is 0 Å². The number of nitrogens with two attached hydrogens (primary N) is 1. The van der Waals surface area contributed by atoms with Gasteiger partial charge in [0.1, 0.15) is 17.1 Å². The summed E-state index contributed by atoms with van der Waals surface area (Å²) < 4.78 is 50.1. The Morgan fingerprint density at radius 2 is 1.92 bits per heavy atom. The van der Waals surface area contributed by atoms with Gasteiger partial charge in [-0.1, -0.05) is 11.2 Å². The molecule has 0 unspecified atom stereocenters. The molecule has 8 heteroatoms. The van der Waals surface area contributed by atoms with Crippen molar-refractivity contribution < 1.29 is 22.4 Å². The SMILES string of the molecule is COc1cccc(C(F)(F)F)c1-c1cc(-c2cc(N)ccn2)on1. The van der Waals surface area contributed by atoms with Gasteiger partial charge in [0.05, 0.1) is 18.2 Å². The van der Waals surface area contributed by atoms with Crippen LogP contribution in [-0.4, -0.2) is 17.3 Å². The molecule has 0 saturated heterocycles. The Bertz CT molecular complexity index is 875. The fourth-order valence-electron chi connectivity index (χ4n) is 2.30. The minimum absolute atomic E-state index is 0.000926. The molecular formula is C16H12F3N3O2. The summed E-state index contributed by atoms with van der Waals surface area (Å²) in [6.07, 6.45) is -3.09. The van der Waals surface area contributed by atoms with Crippen LogP contribution in [0.5, 0.6) is 5.75 Å². The van der Waals surface area contributed by atoms with Crippen LogP contribution in [-0.2, 0) is 6.18 Å². The summed E-state index contributed by atoms with van der Waals surface area (Å²) in [7, 11) is 1.29. The summed E-state index contributed by atoms with van der Waals surface area (Å²) >= 11 is 0. The number of pyridine rings is 1. The molecule has 0 radical (unpaired) electrons. The number of nitrogens with zero attached hydrogens (tertiary/aromatic N) is 2. The maximum atomic E-state index is 13.3. The van der Waals surface area contributed by atoms with E-state index >= 15 is 0 Å². The number of methoxy groups -OCH3 is 1. The quantitative estimate of drug-likeness (QED) is 0.783. The van der Waals surface area contributed by atoms with Crippen molar-refractivity contribution in [3.8, 4) is 28.5 Å². The monoisotopic (exact) mass is 335 g/mol. The number of rotatable bonds is 3. The lowest BCUT2D eigenvalue weighted by Crippen LogP contribution is -2.08. The average molecular weight is 335 g/mol. The summed E-state index contributed by atoms with van der Waals surface area (Å²) in [5.41, 5.74) is 5.44. The molecule has 3 aromatic rings. The summed E-state index contributed by atoms with van der Waals surface area (Å²) in [5, 5.41) is 3.74. The van der Waals surface area contributed by atoms with Crippen molar-refractivity contribution in [2.75, 3.05) is 12.8 Å². The van der Waals surface area contributed by atoms with E-state index in [9.17, 15) is 13.2 Å². The molecular weight excluding hydrogens is 323 g/mol. The Morgan fingerprint density at radius 1 is 1.12 bits per heavy atom. The number of hydrogen-bond acceptors (Lipinski definition) is 5. The second-order valence-corrected chi connectivity index (χ2v) is 4.93. The maximum absolute atomic E-state index is 13.3. The van der Waals surface area contributed by atoms with Crippen LogP contribution in [0.15, 0.2) is 47.1 Å². The van der Waals surface area contributed by atoms with Crippen molar-refractivity contribution >= 4 is 5.69 Å². The lowest BCUT2D eigenvalue weighted by Gasteiger charge is -2.14. The van der Waals surface area contributed by atoms with E-state index in [4.69, 9.17) is 15.0 Å². The zero-order valence-corrected chi connectivity index (χ0v) is 12.5. The lowest BCUT2D eigenvalue weighted by molar-refractivity contribution is -0.137. The second kappa shape index (κ2) is 5.88. The molecule has 0 spiro atoms. The third kappa shape index (κ3) is 2.90. The van der Waals surface area contributed by atoms with E-state index in [1.165, 1.54) is 37.6 Å². The van der Waals surface area contributed by atoms with Gasteiger partial charge < -0.3 is 15.0 Å². The summed E-state index contributed by atoms with van der Waals surface area (Å²) in [5.74, 6) is 0.251. The van der Waals surface area contributed by atoms with Gasteiger partial charge in [-0.2, -0.15) is 13.2 Å². The van der Waals surface area contributed by atoms with Crippen LogP contribution in [0.25, 0.3) is 22.7 Å². The molecule has 124 valence electrons. The number of aromatic nitrogens is 2. The van der Waals surface area contributed by atoms with Crippen molar-refractivity contribution in [3.05, 3.63) is 48.2 Å². The third-order valence-electron chi connectivity index (χ3n) is 3.35. The molecule has 5 nitrogen and oxygen atoms in total. The van der Waals surface area contributed by atoms with Gasteiger partial charge in [0.25, 0.3) is 0 Å². The number of halogens is 3. The van der Waals surface area contributed by atoms with E-state index in [2.05, 4.69) is 10.1 Å². The molecule has 0 bridgehead atoms. The maximum Gasteiger partial charge on any atom is 0.417 e. The van der Waals surface area contributed by atoms with E-state index in [1.54, 1.807) is 6.07 Å². The molecule has 2 aromatic heterocycles. The Morgan fingerprint density at radius 3 is 2.58 bits per heavy atom. The first-order valence-electron chi connectivity index (χ1n) is 6.83. The molecule has 2 N–H and O–H groups in total. The fraction of sp³-hybridized carbons (Fsp3) is 0.125. The Kier molecular flexibility index (Phi) is 3.88. The Hall–Kier alpha value is -3.03. The van der Waals surface area contributed by atoms with Crippen LogP contribution in [0.2, 0.25) is 0 Å². The molecule has 24 heavy (non-hydrogen) atoms. The van der Waals surface area contributed by atoms with Gasteiger partial charge in [-0.05, 0) is 24.3 Å². The van der Waals surface area contributed by atoms with Gasteiger partial charge in [-0.15, -0.1) is 0 Å². The molecule has 0 amide bonds. The average Bonchev–Trinajstić information content (AvgIpc) is 3.03. The van der Waals surface area contributed by atoms with Crippen molar-refractivity contribution in [2.45, 2.75) is 6.18 Å². The van der Waals surface area contributed by atoms with Gasteiger partial charge in [-0.25, -0.2) is 0 Å².